The Bertz CT molecular complexity index is 572. The maximum Gasteiger partial charge on any atom is 0.203 e. The summed E-state index contributed by atoms with van der Waals surface area (Å²) >= 11 is 0. The molecule has 2 aromatic rings. The predicted octanol–water partition coefficient (Wildman–Crippen LogP) is 2.19. The van der Waals surface area contributed by atoms with Crippen molar-refractivity contribution >= 4 is 0 Å². The summed E-state index contributed by atoms with van der Waals surface area (Å²) in [7, 11) is 4.59. The highest BCUT2D eigenvalue weighted by atomic mass is 16.5. The van der Waals surface area contributed by atoms with Crippen LogP contribution in [0.25, 0.3) is 0 Å². The van der Waals surface area contributed by atoms with Crippen LogP contribution >= 0.6 is 0 Å². The molecule has 1 aromatic heterocycles. The van der Waals surface area contributed by atoms with Crippen molar-refractivity contribution in [2.45, 2.75) is 6.10 Å². The molecule has 1 heterocycles. The van der Waals surface area contributed by atoms with E-state index in [2.05, 4.69) is 4.98 Å². The molecule has 0 saturated heterocycles. The fourth-order valence-corrected chi connectivity index (χ4v) is 2.04. The Hall–Kier alpha value is -2.27. The number of hydrogen-bond acceptors (Lipinski definition) is 5. The number of pyridine rings is 1. The first-order chi connectivity index (χ1) is 9.72. The van der Waals surface area contributed by atoms with Gasteiger partial charge in [0.2, 0.25) is 5.75 Å². The number of methoxy groups -OCH3 is 3. The van der Waals surface area contributed by atoms with Gasteiger partial charge in [-0.05, 0) is 24.3 Å². The third-order valence-electron chi connectivity index (χ3n) is 3.00. The molecule has 0 bridgehead atoms. The predicted molar refractivity (Wildman–Crippen MR) is 74.4 cm³/mol. The van der Waals surface area contributed by atoms with Crippen LogP contribution in [0, 0.1) is 0 Å². The standard InChI is InChI=1S/C15H17NO4/c1-18-12-8-7-10(14(19-2)15(12)20-3)13(17)11-6-4-5-9-16-11/h4-9,13,17H,1-3H3. The van der Waals surface area contributed by atoms with Crippen LogP contribution in [-0.2, 0) is 0 Å². The largest absolute Gasteiger partial charge is 0.493 e. The Labute approximate surface area is 117 Å². The maximum absolute atomic E-state index is 10.4. The van der Waals surface area contributed by atoms with Crippen molar-refractivity contribution in [1.82, 2.24) is 4.98 Å². The lowest BCUT2D eigenvalue weighted by atomic mass is 10.0. The second-order valence-electron chi connectivity index (χ2n) is 4.08. The zero-order chi connectivity index (χ0) is 14.5. The highest BCUT2D eigenvalue weighted by Crippen LogP contribution is 2.43. The Morgan fingerprint density at radius 2 is 1.70 bits per heavy atom. The molecule has 1 aromatic carbocycles. The fraction of sp³-hybridized carbons (Fsp3) is 0.267. The number of benzene rings is 1. The molecule has 0 aliphatic heterocycles. The second-order valence-corrected chi connectivity index (χ2v) is 4.08. The minimum atomic E-state index is -0.897. The lowest BCUT2D eigenvalue weighted by molar-refractivity contribution is 0.207. The summed E-state index contributed by atoms with van der Waals surface area (Å²) in [5.74, 6) is 1.42. The first-order valence-corrected chi connectivity index (χ1v) is 6.10. The molecule has 0 radical (unpaired) electrons. The fourth-order valence-electron chi connectivity index (χ4n) is 2.04. The molecule has 0 spiro atoms. The Kier molecular flexibility index (Phi) is 4.42. The van der Waals surface area contributed by atoms with E-state index in [0.29, 0.717) is 28.5 Å². The number of rotatable bonds is 5. The highest BCUT2D eigenvalue weighted by molar-refractivity contribution is 5.57. The summed E-state index contributed by atoms with van der Waals surface area (Å²) in [5, 5.41) is 10.4. The van der Waals surface area contributed by atoms with Gasteiger partial charge in [-0.15, -0.1) is 0 Å². The van der Waals surface area contributed by atoms with Crippen molar-refractivity contribution in [2.24, 2.45) is 0 Å². The summed E-state index contributed by atoms with van der Waals surface area (Å²) in [4.78, 5) is 4.15. The zero-order valence-electron chi connectivity index (χ0n) is 11.7. The minimum absolute atomic E-state index is 0.435. The van der Waals surface area contributed by atoms with Crippen LogP contribution in [0.2, 0.25) is 0 Å². The highest BCUT2D eigenvalue weighted by Gasteiger charge is 2.22. The quantitative estimate of drug-likeness (QED) is 0.906. The number of hydrogen-bond donors (Lipinski definition) is 1. The van der Waals surface area contributed by atoms with Crippen molar-refractivity contribution in [2.75, 3.05) is 21.3 Å². The number of aliphatic hydroxyl groups excluding tert-OH is 1. The van der Waals surface area contributed by atoms with Gasteiger partial charge in [0.1, 0.15) is 6.10 Å². The van der Waals surface area contributed by atoms with Crippen LogP contribution < -0.4 is 14.2 Å². The molecule has 2 rings (SSSR count). The van der Waals surface area contributed by atoms with Crippen molar-refractivity contribution in [3.63, 3.8) is 0 Å². The number of aromatic nitrogens is 1. The van der Waals surface area contributed by atoms with Crippen molar-refractivity contribution in [3.8, 4) is 17.2 Å². The molecule has 5 heteroatoms. The average molecular weight is 275 g/mol. The topological polar surface area (TPSA) is 60.8 Å². The Morgan fingerprint density at radius 3 is 2.25 bits per heavy atom. The van der Waals surface area contributed by atoms with Gasteiger partial charge in [0, 0.05) is 11.8 Å². The van der Waals surface area contributed by atoms with Gasteiger partial charge in [-0.2, -0.15) is 0 Å². The summed E-state index contributed by atoms with van der Waals surface area (Å²) in [5.41, 5.74) is 1.11. The normalized spacial score (nSPS) is 11.8. The molecule has 1 unspecified atom stereocenters. The van der Waals surface area contributed by atoms with Gasteiger partial charge in [-0.25, -0.2) is 0 Å². The smallest absolute Gasteiger partial charge is 0.203 e. The molecule has 0 amide bonds. The van der Waals surface area contributed by atoms with E-state index in [9.17, 15) is 5.11 Å². The SMILES string of the molecule is COc1ccc(C(O)c2ccccn2)c(OC)c1OC. The van der Waals surface area contributed by atoms with Gasteiger partial charge in [-0.3, -0.25) is 4.98 Å². The molecule has 0 fully saturated rings. The molecular weight excluding hydrogens is 258 g/mol. The average Bonchev–Trinajstić information content (AvgIpc) is 2.53. The van der Waals surface area contributed by atoms with Gasteiger partial charge in [0.25, 0.3) is 0 Å². The number of aliphatic hydroxyl groups is 1. The van der Waals surface area contributed by atoms with Crippen LogP contribution in [0.1, 0.15) is 17.4 Å². The molecule has 1 atom stereocenters. The van der Waals surface area contributed by atoms with E-state index in [1.165, 1.54) is 14.2 Å². The number of nitrogens with zero attached hydrogens (tertiary/aromatic N) is 1. The lowest BCUT2D eigenvalue weighted by Crippen LogP contribution is -2.06. The summed E-state index contributed by atoms with van der Waals surface area (Å²) in [6.45, 7) is 0. The summed E-state index contributed by atoms with van der Waals surface area (Å²) in [6.07, 6.45) is 0.733. The maximum atomic E-state index is 10.4. The molecule has 20 heavy (non-hydrogen) atoms. The first kappa shape index (κ1) is 14.1. The molecule has 5 nitrogen and oxygen atoms in total. The number of ether oxygens (including phenoxy) is 3. The van der Waals surface area contributed by atoms with Gasteiger partial charge < -0.3 is 19.3 Å². The second kappa shape index (κ2) is 6.25. The van der Waals surface area contributed by atoms with E-state index >= 15 is 0 Å². The monoisotopic (exact) mass is 275 g/mol. The van der Waals surface area contributed by atoms with Crippen LogP contribution in [0.4, 0.5) is 0 Å². The van der Waals surface area contributed by atoms with Crippen LogP contribution in [0.3, 0.4) is 0 Å². The first-order valence-electron chi connectivity index (χ1n) is 6.10. The Morgan fingerprint density at radius 1 is 0.950 bits per heavy atom. The Balaban J connectivity index is 2.51. The summed E-state index contributed by atoms with van der Waals surface area (Å²) < 4.78 is 15.9. The van der Waals surface area contributed by atoms with E-state index < -0.39 is 6.10 Å². The summed E-state index contributed by atoms with van der Waals surface area (Å²) in [6, 6.07) is 8.82. The van der Waals surface area contributed by atoms with E-state index in [4.69, 9.17) is 14.2 Å². The van der Waals surface area contributed by atoms with E-state index in [0.717, 1.165) is 0 Å². The van der Waals surface area contributed by atoms with Crippen LogP contribution in [-0.4, -0.2) is 31.4 Å². The lowest BCUT2D eigenvalue weighted by Gasteiger charge is -2.18. The van der Waals surface area contributed by atoms with Gasteiger partial charge in [-0.1, -0.05) is 6.07 Å². The van der Waals surface area contributed by atoms with Crippen molar-refractivity contribution < 1.29 is 19.3 Å². The third-order valence-corrected chi connectivity index (χ3v) is 3.00. The van der Waals surface area contributed by atoms with Gasteiger partial charge >= 0.3 is 0 Å². The van der Waals surface area contributed by atoms with E-state index in [1.54, 1.807) is 37.6 Å². The molecular formula is C15H17NO4. The third kappa shape index (κ3) is 2.53. The van der Waals surface area contributed by atoms with Crippen molar-refractivity contribution in [3.05, 3.63) is 47.8 Å². The molecule has 0 aliphatic rings. The molecule has 0 aliphatic carbocycles. The zero-order valence-corrected chi connectivity index (χ0v) is 11.7. The van der Waals surface area contributed by atoms with E-state index in [-0.39, 0.29) is 0 Å². The molecule has 1 N–H and O–H groups in total. The minimum Gasteiger partial charge on any atom is -0.493 e. The van der Waals surface area contributed by atoms with Gasteiger partial charge in [0.05, 0.1) is 27.0 Å². The van der Waals surface area contributed by atoms with Crippen LogP contribution in [0.5, 0.6) is 17.2 Å². The van der Waals surface area contributed by atoms with Gasteiger partial charge in [0.15, 0.2) is 11.5 Å². The van der Waals surface area contributed by atoms with Crippen molar-refractivity contribution in [1.29, 1.82) is 0 Å². The van der Waals surface area contributed by atoms with E-state index in [1.807, 2.05) is 6.07 Å². The molecule has 106 valence electrons. The van der Waals surface area contributed by atoms with Crippen LogP contribution in [0.15, 0.2) is 36.5 Å². The molecule has 0 saturated carbocycles.